The molecule has 1 aromatic carbocycles. The molecule has 0 radical (unpaired) electrons. The zero-order chi connectivity index (χ0) is 20.3. The molecule has 6 heteroatoms. The Hall–Kier alpha value is -3.15. The molecule has 1 fully saturated rings. The number of hydrogen-bond donors (Lipinski definition) is 2. The van der Waals surface area contributed by atoms with Crippen LogP contribution in [0.1, 0.15) is 43.2 Å². The third-order valence-corrected chi connectivity index (χ3v) is 4.81. The second-order valence-corrected chi connectivity index (χ2v) is 7.14. The maximum atomic E-state index is 11.9. The highest BCUT2D eigenvalue weighted by Gasteiger charge is 2.16. The van der Waals surface area contributed by atoms with Crippen LogP contribution in [0.5, 0.6) is 5.75 Å². The molecule has 152 valence electrons. The van der Waals surface area contributed by atoms with Gasteiger partial charge in [-0.25, -0.2) is 0 Å². The van der Waals surface area contributed by atoms with Crippen molar-refractivity contribution in [3.8, 4) is 5.75 Å². The van der Waals surface area contributed by atoms with E-state index >= 15 is 0 Å². The van der Waals surface area contributed by atoms with Gasteiger partial charge in [-0.15, -0.1) is 0 Å². The van der Waals surface area contributed by atoms with Gasteiger partial charge >= 0.3 is 0 Å². The van der Waals surface area contributed by atoms with E-state index in [-0.39, 0.29) is 11.8 Å². The highest BCUT2D eigenvalue weighted by atomic mass is 16.5. The molecule has 2 aromatic rings. The van der Waals surface area contributed by atoms with Crippen LogP contribution in [-0.4, -0.2) is 29.4 Å². The van der Waals surface area contributed by atoms with Crippen LogP contribution in [0.25, 0.3) is 6.08 Å². The topological polar surface area (TPSA) is 80.3 Å². The molecule has 1 aromatic heterocycles. The Morgan fingerprint density at radius 3 is 2.66 bits per heavy atom. The summed E-state index contributed by atoms with van der Waals surface area (Å²) in [5.74, 6) is 0.544. The summed E-state index contributed by atoms with van der Waals surface area (Å²) in [6, 6.07) is 11.6. The van der Waals surface area contributed by atoms with Gasteiger partial charge in [0.1, 0.15) is 12.4 Å². The quantitative estimate of drug-likeness (QED) is 0.641. The lowest BCUT2D eigenvalue weighted by Crippen LogP contribution is -2.35. The van der Waals surface area contributed by atoms with Gasteiger partial charge < -0.3 is 15.4 Å². The van der Waals surface area contributed by atoms with Crippen molar-refractivity contribution >= 4 is 17.9 Å². The van der Waals surface area contributed by atoms with E-state index in [0.29, 0.717) is 25.6 Å². The lowest BCUT2D eigenvalue weighted by Gasteiger charge is -2.11. The van der Waals surface area contributed by atoms with Crippen LogP contribution >= 0.6 is 0 Å². The number of carbonyl (C=O) groups excluding carboxylic acids is 2. The van der Waals surface area contributed by atoms with E-state index in [2.05, 4.69) is 15.6 Å². The van der Waals surface area contributed by atoms with E-state index in [0.717, 1.165) is 29.7 Å². The number of rotatable bonds is 9. The fraction of sp³-hybridized carbons (Fsp3) is 0.348. The van der Waals surface area contributed by atoms with Crippen molar-refractivity contribution in [2.45, 2.75) is 44.8 Å². The van der Waals surface area contributed by atoms with Gasteiger partial charge in [-0.3, -0.25) is 14.6 Å². The van der Waals surface area contributed by atoms with Gasteiger partial charge in [-0.2, -0.15) is 0 Å². The van der Waals surface area contributed by atoms with E-state index in [9.17, 15) is 9.59 Å². The SMILES string of the molecule is O=C(/C=C/c1ccc(OCc2cccnc2)cc1)NCCC(=O)NC1CCCC1. The molecular formula is C23H27N3O3. The average molecular weight is 393 g/mol. The second kappa shape index (κ2) is 11.0. The number of hydrogen-bond acceptors (Lipinski definition) is 4. The summed E-state index contributed by atoms with van der Waals surface area (Å²) in [5, 5.41) is 5.75. The van der Waals surface area contributed by atoms with Crippen molar-refractivity contribution in [3.05, 3.63) is 66.0 Å². The maximum Gasteiger partial charge on any atom is 0.244 e. The molecule has 0 spiro atoms. The zero-order valence-electron chi connectivity index (χ0n) is 16.5. The number of benzene rings is 1. The molecule has 3 rings (SSSR count). The first-order valence-electron chi connectivity index (χ1n) is 10.1. The highest BCUT2D eigenvalue weighted by Crippen LogP contribution is 2.17. The smallest absolute Gasteiger partial charge is 0.244 e. The van der Waals surface area contributed by atoms with E-state index < -0.39 is 0 Å². The van der Waals surface area contributed by atoms with Gasteiger partial charge in [0.25, 0.3) is 0 Å². The minimum atomic E-state index is -0.212. The summed E-state index contributed by atoms with van der Waals surface area (Å²) in [6.07, 6.45) is 11.5. The molecule has 2 amide bonds. The number of nitrogens with zero attached hydrogens (tertiary/aromatic N) is 1. The molecule has 0 unspecified atom stereocenters. The first-order valence-corrected chi connectivity index (χ1v) is 10.1. The van der Waals surface area contributed by atoms with Gasteiger partial charge in [-0.05, 0) is 42.7 Å². The number of amides is 2. The summed E-state index contributed by atoms with van der Waals surface area (Å²) < 4.78 is 5.71. The Balaban J connectivity index is 1.35. The monoisotopic (exact) mass is 393 g/mol. The molecule has 0 saturated heterocycles. The average Bonchev–Trinajstić information content (AvgIpc) is 3.25. The van der Waals surface area contributed by atoms with Crippen LogP contribution in [0.2, 0.25) is 0 Å². The Morgan fingerprint density at radius 1 is 1.14 bits per heavy atom. The predicted molar refractivity (Wildman–Crippen MR) is 112 cm³/mol. The molecular weight excluding hydrogens is 366 g/mol. The Kier molecular flexibility index (Phi) is 7.81. The Morgan fingerprint density at radius 2 is 1.93 bits per heavy atom. The van der Waals surface area contributed by atoms with Crippen LogP contribution in [0.4, 0.5) is 0 Å². The van der Waals surface area contributed by atoms with Crippen molar-refractivity contribution in [1.82, 2.24) is 15.6 Å². The van der Waals surface area contributed by atoms with Crippen LogP contribution in [0.3, 0.4) is 0 Å². The minimum absolute atomic E-state index is 0.00283. The van der Waals surface area contributed by atoms with E-state index in [1.165, 1.54) is 18.9 Å². The van der Waals surface area contributed by atoms with Crippen molar-refractivity contribution in [2.75, 3.05) is 6.54 Å². The standard InChI is InChI=1S/C23H27N3O3/c27-22(25-15-13-23(28)26-20-5-1-2-6-20)12-9-18-7-10-21(11-8-18)29-17-19-4-3-14-24-16-19/h3-4,7-12,14,16,20H,1-2,5-6,13,15,17H2,(H,25,27)(H,26,28)/b12-9+. The van der Waals surface area contributed by atoms with Gasteiger partial charge in [-0.1, -0.05) is 31.0 Å². The molecule has 1 saturated carbocycles. The molecule has 2 N–H and O–H groups in total. The number of pyridine rings is 1. The van der Waals surface area contributed by atoms with Crippen LogP contribution in [0.15, 0.2) is 54.9 Å². The van der Waals surface area contributed by atoms with Crippen LogP contribution in [-0.2, 0) is 16.2 Å². The number of ether oxygens (including phenoxy) is 1. The minimum Gasteiger partial charge on any atom is -0.489 e. The number of carbonyl (C=O) groups is 2. The van der Waals surface area contributed by atoms with E-state index in [1.807, 2.05) is 36.4 Å². The molecule has 1 aliphatic carbocycles. The van der Waals surface area contributed by atoms with Gasteiger partial charge in [0.2, 0.25) is 11.8 Å². The summed E-state index contributed by atoms with van der Waals surface area (Å²) in [6.45, 7) is 0.794. The summed E-state index contributed by atoms with van der Waals surface area (Å²) >= 11 is 0. The summed E-state index contributed by atoms with van der Waals surface area (Å²) in [7, 11) is 0. The van der Waals surface area contributed by atoms with Gasteiger partial charge in [0, 0.05) is 43.0 Å². The predicted octanol–water partition coefficient (Wildman–Crippen LogP) is 3.24. The summed E-state index contributed by atoms with van der Waals surface area (Å²) in [5.41, 5.74) is 1.90. The first-order chi connectivity index (χ1) is 14.2. The number of nitrogens with one attached hydrogen (secondary N) is 2. The van der Waals surface area contributed by atoms with Crippen LogP contribution in [0, 0.1) is 0 Å². The molecule has 0 aliphatic heterocycles. The van der Waals surface area contributed by atoms with Crippen molar-refractivity contribution < 1.29 is 14.3 Å². The molecule has 0 bridgehead atoms. The fourth-order valence-corrected chi connectivity index (χ4v) is 3.23. The molecule has 6 nitrogen and oxygen atoms in total. The Labute approximate surface area is 171 Å². The lowest BCUT2D eigenvalue weighted by molar-refractivity contribution is -0.121. The largest absolute Gasteiger partial charge is 0.489 e. The zero-order valence-corrected chi connectivity index (χ0v) is 16.5. The third-order valence-electron chi connectivity index (χ3n) is 4.81. The van der Waals surface area contributed by atoms with Gasteiger partial charge in [0.05, 0.1) is 0 Å². The van der Waals surface area contributed by atoms with Crippen LogP contribution < -0.4 is 15.4 Å². The number of aromatic nitrogens is 1. The summed E-state index contributed by atoms with van der Waals surface area (Å²) in [4.78, 5) is 27.8. The third kappa shape index (κ3) is 7.41. The lowest BCUT2D eigenvalue weighted by atomic mass is 10.2. The van der Waals surface area contributed by atoms with Crippen molar-refractivity contribution in [3.63, 3.8) is 0 Å². The molecule has 1 heterocycles. The fourth-order valence-electron chi connectivity index (χ4n) is 3.23. The van der Waals surface area contributed by atoms with Gasteiger partial charge in [0.15, 0.2) is 0 Å². The second-order valence-electron chi connectivity index (χ2n) is 7.14. The molecule has 1 aliphatic rings. The molecule has 0 atom stereocenters. The first kappa shape index (κ1) is 20.6. The molecule has 29 heavy (non-hydrogen) atoms. The maximum absolute atomic E-state index is 11.9. The van der Waals surface area contributed by atoms with E-state index in [4.69, 9.17) is 4.74 Å². The highest BCUT2D eigenvalue weighted by molar-refractivity contribution is 5.92. The van der Waals surface area contributed by atoms with E-state index in [1.54, 1.807) is 18.5 Å². The van der Waals surface area contributed by atoms with Crippen molar-refractivity contribution in [2.24, 2.45) is 0 Å². The normalized spacial score (nSPS) is 14.1. The Bertz CT molecular complexity index is 813. The van der Waals surface area contributed by atoms with Crippen molar-refractivity contribution in [1.29, 1.82) is 0 Å².